The molecule has 0 N–H and O–H groups in total. The minimum Gasteiger partial charge on any atom is -0.452 e. The van der Waals surface area contributed by atoms with Gasteiger partial charge in [-0.05, 0) is 38.5 Å². The molecule has 0 unspecified atom stereocenters. The number of rotatable bonds is 7. The van der Waals surface area contributed by atoms with Crippen molar-refractivity contribution in [1.29, 1.82) is 0 Å². The van der Waals surface area contributed by atoms with Crippen LogP contribution in [0, 0.1) is 20.8 Å². The van der Waals surface area contributed by atoms with Crippen LogP contribution in [0.3, 0.4) is 0 Å². The lowest BCUT2D eigenvalue weighted by molar-refractivity contribution is 0.0424. The Kier molecular flexibility index (Phi) is 6.13. The van der Waals surface area contributed by atoms with E-state index in [1.807, 2.05) is 45.0 Å². The van der Waals surface area contributed by atoms with E-state index in [1.165, 1.54) is 11.8 Å². The van der Waals surface area contributed by atoms with E-state index in [0.29, 0.717) is 22.2 Å². The summed E-state index contributed by atoms with van der Waals surface area (Å²) in [5.41, 5.74) is 4.09. The number of aromatic nitrogens is 4. The Morgan fingerprint density at radius 3 is 2.68 bits per heavy atom. The normalized spacial score (nSPS) is 10.9. The van der Waals surface area contributed by atoms with Gasteiger partial charge in [0.1, 0.15) is 10.8 Å². The van der Waals surface area contributed by atoms with Gasteiger partial charge >= 0.3 is 5.97 Å². The largest absolute Gasteiger partial charge is 0.452 e. The smallest absolute Gasteiger partial charge is 0.341 e. The maximum Gasteiger partial charge on any atom is 0.341 e. The summed E-state index contributed by atoms with van der Waals surface area (Å²) in [6.45, 7) is 5.59. The van der Waals surface area contributed by atoms with Crippen molar-refractivity contribution in [3.63, 3.8) is 0 Å². The van der Waals surface area contributed by atoms with Crippen molar-refractivity contribution in [1.82, 2.24) is 20.3 Å². The number of carbonyl (C=O) groups excluding carboxylic acids is 1. The van der Waals surface area contributed by atoms with Crippen molar-refractivity contribution >= 4 is 17.7 Å². The van der Waals surface area contributed by atoms with Gasteiger partial charge in [0.2, 0.25) is 5.82 Å². The molecule has 9 heteroatoms. The molecule has 0 amide bonds. The topological polar surface area (TPSA) is 104 Å². The molecule has 0 aliphatic heterocycles. The van der Waals surface area contributed by atoms with Crippen LogP contribution in [-0.2, 0) is 17.1 Å². The first-order valence-corrected chi connectivity index (χ1v) is 10.6. The Morgan fingerprint density at radius 1 is 1.06 bits per heavy atom. The number of ether oxygens (including phenoxy) is 1. The SMILES string of the molecule is Cc1ccccc1-c1noc(COC(=O)c2cccnc2SCc2c(C)noc2C)n1. The Hall–Kier alpha value is -3.46. The van der Waals surface area contributed by atoms with Gasteiger partial charge in [-0.25, -0.2) is 9.78 Å². The standard InChI is InChI=1S/C22H20N4O4S/c1-13-7-4-5-8-16(13)20-24-19(30-26-20)11-28-22(27)17-9-6-10-23-21(17)31-12-18-14(2)25-29-15(18)3/h4-10H,11-12H2,1-3H3. The molecule has 3 heterocycles. The third-order valence-electron chi connectivity index (χ3n) is 4.71. The summed E-state index contributed by atoms with van der Waals surface area (Å²) < 4.78 is 15.8. The molecule has 0 saturated carbocycles. The van der Waals surface area contributed by atoms with Crippen LogP contribution >= 0.6 is 11.8 Å². The lowest BCUT2D eigenvalue weighted by Gasteiger charge is -2.07. The van der Waals surface area contributed by atoms with Gasteiger partial charge in [-0.2, -0.15) is 4.98 Å². The first kappa shape index (κ1) is 20.8. The molecule has 0 aliphatic carbocycles. The first-order chi connectivity index (χ1) is 15.0. The fourth-order valence-corrected chi connectivity index (χ4v) is 4.10. The van der Waals surface area contributed by atoms with Crippen LogP contribution in [0.25, 0.3) is 11.4 Å². The van der Waals surface area contributed by atoms with Gasteiger partial charge < -0.3 is 13.8 Å². The van der Waals surface area contributed by atoms with Gasteiger partial charge in [-0.3, -0.25) is 0 Å². The summed E-state index contributed by atoms with van der Waals surface area (Å²) in [4.78, 5) is 21.3. The van der Waals surface area contributed by atoms with Crippen molar-refractivity contribution < 1.29 is 18.6 Å². The molecular formula is C22H20N4O4S. The number of aryl methyl sites for hydroxylation is 3. The third kappa shape index (κ3) is 4.66. The Bertz CT molecular complexity index is 1200. The second-order valence-corrected chi connectivity index (χ2v) is 7.81. The van der Waals surface area contributed by atoms with Crippen molar-refractivity contribution in [3.8, 4) is 11.4 Å². The monoisotopic (exact) mass is 436 g/mol. The van der Waals surface area contributed by atoms with Crippen LogP contribution in [0.2, 0.25) is 0 Å². The lowest BCUT2D eigenvalue weighted by Crippen LogP contribution is -2.08. The summed E-state index contributed by atoms with van der Waals surface area (Å²) in [6, 6.07) is 11.1. The quantitative estimate of drug-likeness (QED) is 0.301. The molecule has 4 aromatic rings. The lowest BCUT2D eigenvalue weighted by atomic mass is 10.1. The van der Waals surface area contributed by atoms with Crippen molar-refractivity contribution in [2.75, 3.05) is 0 Å². The van der Waals surface area contributed by atoms with Crippen molar-refractivity contribution in [2.24, 2.45) is 0 Å². The number of pyridine rings is 1. The second-order valence-electron chi connectivity index (χ2n) is 6.85. The van der Waals surface area contributed by atoms with Crippen LogP contribution < -0.4 is 0 Å². The Morgan fingerprint density at radius 2 is 1.90 bits per heavy atom. The van der Waals surface area contributed by atoms with Crippen LogP contribution in [0.5, 0.6) is 0 Å². The van der Waals surface area contributed by atoms with Gasteiger partial charge in [0, 0.05) is 23.1 Å². The van der Waals surface area contributed by atoms with E-state index in [0.717, 1.165) is 28.1 Å². The van der Waals surface area contributed by atoms with E-state index in [-0.39, 0.29) is 12.5 Å². The molecule has 0 saturated heterocycles. The van der Waals surface area contributed by atoms with Gasteiger partial charge in [-0.1, -0.05) is 34.6 Å². The first-order valence-electron chi connectivity index (χ1n) is 9.58. The summed E-state index contributed by atoms with van der Waals surface area (Å²) in [7, 11) is 0. The van der Waals surface area contributed by atoms with Crippen LogP contribution in [0.15, 0.2) is 56.7 Å². The maximum absolute atomic E-state index is 12.7. The predicted molar refractivity (Wildman–Crippen MR) is 113 cm³/mol. The minimum atomic E-state index is -0.509. The van der Waals surface area contributed by atoms with E-state index < -0.39 is 5.97 Å². The molecule has 4 rings (SSSR count). The van der Waals surface area contributed by atoms with Crippen molar-refractivity contribution in [2.45, 2.75) is 38.2 Å². The van der Waals surface area contributed by atoms with Crippen molar-refractivity contribution in [3.05, 3.63) is 76.6 Å². The maximum atomic E-state index is 12.7. The van der Waals surface area contributed by atoms with E-state index in [1.54, 1.807) is 18.3 Å². The third-order valence-corrected chi connectivity index (χ3v) is 5.74. The molecule has 0 atom stereocenters. The number of thioether (sulfide) groups is 1. The molecule has 158 valence electrons. The average Bonchev–Trinajstić information content (AvgIpc) is 3.37. The molecular weight excluding hydrogens is 416 g/mol. The number of nitrogens with zero attached hydrogens (tertiary/aromatic N) is 4. The second kappa shape index (κ2) is 9.13. The highest BCUT2D eigenvalue weighted by Crippen LogP contribution is 2.28. The van der Waals surface area contributed by atoms with Gasteiger partial charge in [-0.15, -0.1) is 11.8 Å². The molecule has 0 fully saturated rings. The van der Waals surface area contributed by atoms with E-state index in [4.69, 9.17) is 13.8 Å². The molecule has 0 spiro atoms. The average molecular weight is 436 g/mol. The summed E-state index contributed by atoms with van der Waals surface area (Å²) in [5, 5.41) is 8.50. The van der Waals surface area contributed by atoms with Gasteiger partial charge in [0.05, 0.1) is 11.3 Å². The highest BCUT2D eigenvalue weighted by molar-refractivity contribution is 7.98. The molecule has 1 aromatic carbocycles. The number of carbonyl (C=O) groups is 1. The molecule has 8 nitrogen and oxygen atoms in total. The molecule has 0 aliphatic rings. The van der Waals surface area contributed by atoms with Crippen LogP contribution in [0.1, 0.15) is 38.8 Å². The van der Waals surface area contributed by atoms with E-state index in [2.05, 4.69) is 20.3 Å². The minimum absolute atomic E-state index is 0.124. The number of hydrogen-bond acceptors (Lipinski definition) is 9. The van der Waals surface area contributed by atoms with Crippen LogP contribution in [0.4, 0.5) is 0 Å². The zero-order valence-electron chi connectivity index (χ0n) is 17.3. The summed E-state index contributed by atoms with van der Waals surface area (Å²) in [6.07, 6.45) is 1.64. The van der Waals surface area contributed by atoms with Gasteiger partial charge in [0.15, 0.2) is 6.61 Å². The number of benzene rings is 1. The fraction of sp³-hybridized carbons (Fsp3) is 0.227. The van der Waals surface area contributed by atoms with Gasteiger partial charge in [0.25, 0.3) is 5.89 Å². The van der Waals surface area contributed by atoms with E-state index >= 15 is 0 Å². The Labute approximate surface area is 183 Å². The number of esters is 1. The molecule has 3 aromatic heterocycles. The fourth-order valence-electron chi connectivity index (χ4n) is 2.96. The zero-order chi connectivity index (χ0) is 21.8. The van der Waals surface area contributed by atoms with Crippen LogP contribution in [-0.4, -0.2) is 26.3 Å². The Balaban J connectivity index is 1.42. The summed E-state index contributed by atoms with van der Waals surface area (Å²) in [5.74, 6) is 1.51. The summed E-state index contributed by atoms with van der Waals surface area (Å²) >= 11 is 1.42. The highest BCUT2D eigenvalue weighted by atomic mass is 32.2. The highest BCUT2D eigenvalue weighted by Gasteiger charge is 2.18. The predicted octanol–water partition coefficient (Wildman–Crippen LogP) is 4.69. The molecule has 31 heavy (non-hydrogen) atoms. The van der Waals surface area contributed by atoms with E-state index in [9.17, 15) is 4.79 Å². The number of hydrogen-bond donors (Lipinski definition) is 0. The molecule has 0 bridgehead atoms. The zero-order valence-corrected chi connectivity index (χ0v) is 18.1. The molecule has 0 radical (unpaired) electrons.